The molecule has 0 unspecified atom stereocenters. The maximum absolute atomic E-state index is 12.4. The van der Waals surface area contributed by atoms with Gasteiger partial charge < -0.3 is 24.8 Å². The zero-order chi connectivity index (χ0) is 26.9. The van der Waals surface area contributed by atoms with Gasteiger partial charge in [-0.3, -0.25) is 4.79 Å². The number of anilines is 2. The Balaban J connectivity index is 1.36. The molecule has 0 radical (unpaired) electrons. The molecule has 0 spiro atoms. The van der Waals surface area contributed by atoms with E-state index in [1.807, 2.05) is 80.6 Å². The van der Waals surface area contributed by atoms with Gasteiger partial charge in [0.2, 0.25) is 0 Å². The summed E-state index contributed by atoms with van der Waals surface area (Å²) in [6, 6.07) is 26.3. The number of nitrogens with one attached hydrogen (secondary N) is 2. The molecular formula is C30H28Cl2N2O4. The summed E-state index contributed by atoms with van der Waals surface area (Å²) in [6.45, 7) is 4.45. The smallest absolute Gasteiger partial charge is 0.262 e. The van der Waals surface area contributed by atoms with Gasteiger partial charge in [-0.25, -0.2) is 0 Å². The second-order valence-electron chi connectivity index (χ2n) is 8.43. The van der Waals surface area contributed by atoms with Gasteiger partial charge in [0.25, 0.3) is 5.91 Å². The standard InChI is InChI=1S/C30H28Cl2N2O4/c1-3-36-28-16-21(18-33-22-11-13-25(14-12-22)38-24-7-5-4-6-8-24)15-27(32)30(28)37-19-29(35)34-23-10-9-20(2)26(31)17-23/h4-17,33H,3,18-19H2,1-2H3,(H,34,35). The van der Waals surface area contributed by atoms with Gasteiger partial charge in [-0.15, -0.1) is 0 Å². The molecule has 196 valence electrons. The third-order valence-electron chi connectivity index (χ3n) is 5.50. The first kappa shape index (κ1) is 27.2. The van der Waals surface area contributed by atoms with E-state index in [-0.39, 0.29) is 12.5 Å². The SMILES string of the molecule is CCOc1cc(CNc2ccc(Oc3ccccc3)cc2)cc(Cl)c1OCC(=O)Nc1ccc(C)c(Cl)c1. The lowest BCUT2D eigenvalue weighted by molar-refractivity contribution is -0.118. The predicted molar refractivity (Wildman–Crippen MR) is 153 cm³/mol. The molecule has 0 heterocycles. The van der Waals surface area contributed by atoms with Crippen molar-refractivity contribution in [2.45, 2.75) is 20.4 Å². The van der Waals surface area contributed by atoms with E-state index < -0.39 is 0 Å². The molecule has 4 rings (SSSR count). The van der Waals surface area contributed by atoms with Crippen molar-refractivity contribution in [2.75, 3.05) is 23.8 Å². The quantitative estimate of drug-likeness (QED) is 0.197. The Hall–Kier alpha value is -3.87. The lowest BCUT2D eigenvalue weighted by Gasteiger charge is -2.16. The van der Waals surface area contributed by atoms with E-state index in [1.54, 1.807) is 18.2 Å². The number of ether oxygens (including phenoxy) is 3. The van der Waals surface area contributed by atoms with Gasteiger partial charge in [-0.1, -0.05) is 47.5 Å². The van der Waals surface area contributed by atoms with Crippen molar-refractivity contribution in [2.24, 2.45) is 0 Å². The molecule has 0 atom stereocenters. The van der Waals surface area contributed by atoms with Crippen LogP contribution in [0, 0.1) is 6.92 Å². The summed E-state index contributed by atoms with van der Waals surface area (Å²) in [5.41, 5.74) is 3.34. The van der Waals surface area contributed by atoms with E-state index in [1.165, 1.54) is 0 Å². The van der Waals surface area contributed by atoms with Crippen LogP contribution in [0.15, 0.2) is 84.9 Å². The predicted octanol–water partition coefficient (Wildman–Crippen LogP) is 8.12. The fourth-order valence-corrected chi connectivity index (χ4v) is 4.07. The minimum atomic E-state index is -0.339. The molecule has 0 bridgehead atoms. The molecule has 0 saturated carbocycles. The summed E-state index contributed by atoms with van der Waals surface area (Å²) >= 11 is 12.7. The molecule has 0 saturated heterocycles. The molecule has 0 aliphatic rings. The minimum Gasteiger partial charge on any atom is -0.490 e. The average Bonchev–Trinajstić information content (AvgIpc) is 2.91. The van der Waals surface area contributed by atoms with Crippen molar-refractivity contribution in [3.8, 4) is 23.0 Å². The van der Waals surface area contributed by atoms with Crippen molar-refractivity contribution < 1.29 is 19.0 Å². The second kappa shape index (κ2) is 13.1. The Morgan fingerprint density at radius 1 is 0.816 bits per heavy atom. The number of hydrogen-bond donors (Lipinski definition) is 2. The van der Waals surface area contributed by atoms with Crippen molar-refractivity contribution in [1.29, 1.82) is 0 Å². The van der Waals surface area contributed by atoms with Crippen LogP contribution in [-0.2, 0) is 11.3 Å². The highest BCUT2D eigenvalue weighted by molar-refractivity contribution is 6.32. The number of benzene rings is 4. The number of para-hydroxylation sites is 1. The molecule has 1 amide bonds. The molecular weight excluding hydrogens is 523 g/mol. The molecule has 0 aliphatic heterocycles. The highest BCUT2D eigenvalue weighted by Crippen LogP contribution is 2.37. The van der Waals surface area contributed by atoms with Crippen LogP contribution in [0.4, 0.5) is 11.4 Å². The number of amides is 1. The maximum Gasteiger partial charge on any atom is 0.262 e. The normalized spacial score (nSPS) is 10.5. The molecule has 8 heteroatoms. The van der Waals surface area contributed by atoms with Gasteiger partial charge in [0.05, 0.1) is 11.6 Å². The summed E-state index contributed by atoms with van der Waals surface area (Å²) in [5.74, 6) is 1.98. The number of carbonyl (C=O) groups excluding carboxylic acids is 1. The lowest BCUT2D eigenvalue weighted by atomic mass is 10.2. The van der Waals surface area contributed by atoms with Gasteiger partial charge in [0, 0.05) is 22.9 Å². The minimum absolute atomic E-state index is 0.236. The zero-order valence-electron chi connectivity index (χ0n) is 21.1. The number of carbonyl (C=O) groups is 1. The summed E-state index contributed by atoms with van der Waals surface area (Å²) < 4.78 is 17.4. The summed E-state index contributed by atoms with van der Waals surface area (Å²) in [5, 5.41) is 7.06. The van der Waals surface area contributed by atoms with E-state index in [2.05, 4.69) is 10.6 Å². The van der Waals surface area contributed by atoms with Gasteiger partial charge in [0.1, 0.15) is 11.5 Å². The zero-order valence-corrected chi connectivity index (χ0v) is 22.6. The Labute approximate surface area is 232 Å². The van der Waals surface area contributed by atoms with Crippen LogP contribution in [0.2, 0.25) is 10.0 Å². The van der Waals surface area contributed by atoms with Crippen LogP contribution in [0.25, 0.3) is 0 Å². The van der Waals surface area contributed by atoms with Crippen LogP contribution in [0.1, 0.15) is 18.1 Å². The highest BCUT2D eigenvalue weighted by Gasteiger charge is 2.15. The number of aryl methyl sites for hydroxylation is 1. The maximum atomic E-state index is 12.4. The highest BCUT2D eigenvalue weighted by atomic mass is 35.5. The van der Waals surface area contributed by atoms with E-state index in [4.69, 9.17) is 37.4 Å². The number of halogens is 2. The fraction of sp³-hybridized carbons (Fsp3) is 0.167. The van der Waals surface area contributed by atoms with Gasteiger partial charge >= 0.3 is 0 Å². The first-order valence-corrected chi connectivity index (χ1v) is 12.9. The van der Waals surface area contributed by atoms with E-state index in [0.717, 1.165) is 28.3 Å². The molecule has 38 heavy (non-hydrogen) atoms. The van der Waals surface area contributed by atoms with E-state index in [0.29, 0.717) is 40.4 Å². The second-order valence-corrected chi connectivity index (χ2v) is 9.25. The molecule has 0 aromatic heterocycles. The lowest BCUT2D eigenvalue weighted by Crippen LogP contribution is -2.20. The topological polar surface area (TPSA) is 68.8 Å². The van der Waals surface area contributed by atoms with Crippen molar-refractivity contribution in [3.05, 3.63) is 106 Å². The van der Waals surface area contributed by atoms with Crippen molar-refractivity contribution in [3.63, 3.8) is 0 Å². The Kier molecular flexibility index (Phi) is 9.35. The molecule has 0 aliphatic carbocycles. The molecule has 4 aromatic carbocycles. The van der Waals surface area contributed by atoms with Gasteiger partial charge in [-0.05, 0) is 85.6 Å². The van der Waals surface area contributed by atoms with Crippen LogP contribution >= 0.6 is 23.2 Å². The largest absolute Gasteiger partial charge is 0.490 e. The van der Waals surface area contributed by atoms with Crippen LogP contribution in [0.3, 0.4) is 0 Å². The molecule has 0 fully saturated rings. The van der Waals surface area contributed by atoms with Gasteiger partial charge in [0.15, 0.2) is 18.1 Å². The summed E-state index contributed by atoms with van der Waals surface area (Å²) in [7, 11) is 0. The first-order valence-electron chi connectivity index (χ1n) is 12.1. The van der Waals surface area contributed by atoms with Crippen molar-refractivity contribution in [1.82, 2.24) is 0 Å². The van der Waals surface area contributed by atoms with E-state index >= 15 is 0 Å². The Morgan fingerprint density at radius 2 is 1.53 bits per heavy atom. The Bertz CT molecular complexity index is 1380. The Morgan fingerprint density at radius 3 is 2.24 bits per heavy atom. The van der Waals surface area contributed by atoms with Crippen molar-refractivity contribution >= 4 is 40.5 Å². The molecule has 2 N–H and O–H groups in total. The third kappa shape index (κ3) is 7.57. The molecule has 6 nitrogen and oxygen atoms in total. The van der Waals surface area contributed by atoms with Crippen LogP contribution in [0.5, 0.6) is 23.0 Å². The average molecular weight is 551 g/mol. The third-order valence-corrected chi connectivity index (χ3v) is 6.19. The number of rotatable bonds is 11. The monoisotopic (exact) mass is 550 g/mol. The van der Waals surface area contributed by atoms with E-state index in [9.17, 15) is 4.79 Å². The fourth-order valence-electron chi connectivity index (χ4n) is 3.60. The van der Waals surface area contributed by atoms with Crippen LogP contribution in [-0.4, -0.2) is 19.1 Å². The first-order chi connectivity index (χ1) is 18.4. The van der Waals surface area contributed by atoms with Crippen LogP contribution < -0.4 is 24.8 Å². The van der Waals surface area contributed by atoms with Gasteiger partial charge in [-0.2, -0.15) is 0 Å². The summed E-state index contributed by atoms with van der Waals surface area (Å²) in [4.78, 5) is 12.4. The number of hydrogen-bond acceptors (Lipinski definition) is 5. The summed E-state index contributed by atoms with van der Waals surface area (Å²) in [6.07, 6.45) is 0. The molecule has 4 aromatic rings.